The Morgan fingerprint density at radius 3 is 2.56 bits per heavy atom. The maximum atomic E-state index is 12.5. The molecule has 2 heterocycles. The fourth-order valence-corrected chi connectivity index (χ4v) is 5.82. The SMILES string of the molecule is Cc1ccccc1CN1CCN(C(=O)NC(C)C)[C@@H]2CS(=O)(=O)C[C@@H]21. The van der Waals surface area contributed by atoms with Gasteiger partial charge in [-0.1, -0.05) is 24.3 Å². The summed E-state index contributed by atoms with van der Waals surface area (Å²) in [4.78, 5) is 16.4. The highest BCUT2D eigenvalue weighted by molar-refractivity contribution is 7.91. The third-order valence-corrected chi connectivity index (χ3v) is 6.80. The summed E-state index contributed by atoms with van der Waals surface area (Å²) in [5.41, 5.74) is 2.42. The predicted octanol–water partition coefficient (Wildman–Crippen LogP) is 1.40. The molecule has 0 unspecified atom stereocenters. The van der Waals surface area contributed by atoms with Crippen molar-refractivity contribution in [1.82, 2.24) is 15.1 Å². The van der Waals surface area contributed by atoms with E-state index < -0.39 is 9.84 Å². The molecule has 0 radical (unpaired) electrons. The molecule has 0 aromatic heterocycles. The van der Waals surface area contributed by atoms with Gasteiger partial charge in [0.2, 0.25) is 0 Å². The van der Waals surface area contributed by atoms with Gasteiger partial charge in [0.05, 0.1) is 17.5 Å². The number of sulfone groups is 1. The van der Waals surface area contributed by atoms with Gasteiger partial charge >= 0.3 is 6.03 Å². The number of amides is 2. The van der Waals surface area contributed by atoms with Crippen LogP contribution in [0, 0.1) is 6.92 Å². The number of piperazine rings is 1. The van der Waals surface area contributed by atoms with Gasteiger partial charge in [0.1, 0.15) is 0 Å². The van der Waals surface area contributed by atoms with Crippen molar-refractivity contribution in [3.8, 4) is 0 Å². The Morgan fingerprint density at radius 1 is 1.20 bits per heavy atom. The van der Waals surface area contributed by atoms with Gasteiger partial charge < -0.3 is 10.2 Å². The summed E-state index contributed by atoms with van der Waals surface area (Å²) in [5.74, 6) is 0.197. The maximum Gasteiger partial charge on any atom is 0.317 e. The highest BCUT2D eigenvalue weighted by atomic mass is 32.2. The molecular weight excluding hydrogens is 338 g/mol. The first kappa shape index (κ1) is 18.2. The Bertz CT molecular complexity index is 748. The number of hydrogen-bond donors (Lipinski definition) is 1. The van der Waals surface area contributed by atoms with E-state index in [0.29, 0.717) is 13.1 Å². The second-order valence-electron chi connectivity index (χ2n) is 7.41. The van der Waals surface area contributed by atoms with Gasteiger partial charge in [0.15, 0.2) is 9.84 Å². The van der Waals surface area contributed by atoms with E-state index in [0.717, 1.165) is 6.54 Å². The van der Waals surface area contributed by atoms with Crippen molar-refractivity contribution >= 4 is 15.9 Å². The van der Waals surface area contributed by atoms with Crippen molar-refractivity contribution in [3.05, 3.63) is 35.4 Å². The normalized spacial score (nSPS) is 25.8. The van der Waals surface area contributed by atoms with Crippen molar-refractivity contribution < 1.29 is 13.2 Å². The van der Waals surface area contributed by atoms with Crippen LogP contribution in [0.15, 0.2) is 24.3 Å². The molecule has 2 amide bonds. The van der Waals surface area contributed by atoms with Crippen LogP contribution in [0.2, 0.25) is 0 Å². The lowest BCUT2D eigenvalue weighted by molar-refractivity contribution is 0.0599. The number of benzene rings is 1. The first-order valence-corrected chi connectivity index (χ1v) is 10.6. The van der Waals surface area contributed by atoms with Crippen molar-refractivity contribution in [3.63, 3.8) is 0 Å². The predicted molar refractivity (Wildman–Crippen MR) is 98.2 cm³/mol. The lowest BCUT2D eigenvalue weighted by Gasteiger charge is -2.44. The smallest absolute Gasteiger partial charge is 0.317 e. The summed E-state index contributed by atoms with van der Waals surface area (Å²) in [7, 11) is -3.12. The first-order chi connectivity index (χ1) is 11.8. The van der Waals surface area contributed by atoms with Gasteiger partial charge in [-0.3, -0.25) is 4.90 Å². The first-order valence-electron chi connectivity index (χ1n) is 8.83. The van der Waals surface area contributed by atoms with Crippen LogP contribution >= 0.6 is 0 Å². The lowest BCUT2D eigenvalue weighted by Crippen LogP contribution is -2.62. The second kappa shape index (κ2) is 6.96. The summed E-state index contributed by atoms with van der Waals surface area (Å²) in [6.07, 6.45) is 0. The lowest BCUT2D eigenvalue weighted by atomic mass is 10.0. The molecule has 6 nitrogen and oxygen atoms in total. The van der Waals surface area contributed by atoms with E-state index in [1.807, 2.05) is 26.0 Å². The van der Waals surface area contributed by atoms with E-state index in [-0.39, 0.29) is 35.7 Å². The summed E-state index contributed by atoms with van der Waals surface area (Å²) in [5, 5.41) is 2.90. The second-order valence-corrected chi connectivity index (χ2v) is 9.56. The maximum absolute atomic E-state index is 12.5. The average molecular weight is 365 g/mol. The van der Waals surface area contributed by atoms with Crippen LogP contribution in [0.3, 0.4) is 0 Å². The molecule has 0 saturated carbocycles. The van der Waals surface area contributed by atoms with E-state index in [2.05, 4.69) is 29.3 Å². The molecule has 0 spiro atoms. The van der Waals surface area contributed by atoms with Gasteiger partial charge in [-0.2, -0.15) is 0 Å². The molecule has 0 bridgehead atoms. The topological polar surface area (TPSA) is 69.7 Å². The number of fused-ring (bicyclic) bond motifs is 1. The molecule has 25 heavy (non-hydrogen) atoms. The quantitative estimate of drug-likeness (QED) is 0.879. The van der Waals surface area contributed by atoms with Crippen LogP contribution in [0.1, 0.15) is 25.0 Å². The molecule has 2 aliphatic rings. The Labute approximate surface area is 150 Å². The third kappa shape index (κ3) is 3.98. The molecule has 1 aromatic carbocycles. The summed E-state index contributed by atoms with van der Waals surface area (Å²) in [6.45, 7) is 7.87. The summed E-state index contributed by atoms with van der Waals surface area (Å²) < 4.78 is 24.5. The fourth-order valence-electron chi connectivity index (χ4n) is 3.81. The molecule has 1 N–H and O–H groups in total. The molecule has 138 valence electrons. The standard InChI is InChI=1S/C18H27N3O3S/c1-13(2)19-18(22)21-9-8-20(10-15-7-5-4-6-14(15)3)16-11-25(23,24)12-17(16)21/h4-7,13,16-17H,8-12H2,1-3H3,(H,19,22)/t16-,17+/m0/s1. The zero-order chi connectivity index (χ0) is 18.2. The van der Waals surface area contributed by atoms with E-state index in [1.165, 1.54) is 11.1 Å². The molecule has 7 heteroatoms. The van der Waals surface area contributed by atoms with E-state index >= 15 is 0 Å². The minimum absolute atomic E-state index is 0.0361. The fraction of sp³-hybridized carbons (Fsp3) is 0.611. The zero-order valence-electron chi connectivity index (χ0n) is 15.1. The van der Waals surface area contributed by atoms with Crippen LogP contribution in [-0.2, 0) is 16.4 Å². The number of aryl methyl sites for hydroxylation is 1. The molecule has 2 aliphatic heterocycles. The minimum atomic E-state index is -3.12. The number of nitrogens with zero attached hydrogens (tertiary/aromatic N) is 2. The highest BCUT2D eigenvalue weighted by Gasteiger charge is 2.48. The third-order valence-electron chi connectivity index (χ3n) is 5.10. The Balaban J connectivity index is 1.81. The number of hydrogen-bond acceptors (Lipinski definition) is 4. The number of carbonyl (C=O) groups is 1. The van der Waals surface area contributed by atoms with Crippen LogP contribution in [-0.4, -0.2) is 67.0 Å². The van der Waals surface area contributed by atoms with E-state index in [1.54, 1.807) is 4.90 Å². The van der Waals surface area contributed by atoms with E-state index in [9.17, 15) is 13.2 Å². The zero-order valence-corrected chi connectivity index (χ0v) is 15.9. The van der Waals surface area contributed by atoms with Crippen LogP contribution in [0.25, 0.3) is 0 Å². The molecule has 0 aliphatic carbocycles. The van der Waals surface area contributed by atoms with Crippen LogP contribution in [0.4, 0.5) is 4.79 Å². The highest BCUT2D eigenvalue weighted by Crippen LogP contribution is 2.28. The molecule has 3 rings (SSSR count). The van der Waals surface area contributed by atoms with Crippen molar-refractivity contribution in [2.24, 2.45) is 0 Å². The largest absolute Gasteiger partial charge is 0.336 e. The monoisotopic (exact) mass is 365 g/mol. The number of urea groups is 1. The minimum Gasteiger partial charge on any atom is -0.336 e. The average Bonchev–Trinajstić information content (AvgIpc) is 2.84. The van der Waals surface area contributed by atoms with E-state index in [4.69, 9.17) is 0 Å². The van der Waals surface area contributed by atoms with Crippen LogP contribution in [0.5, 0.6) is 0 Å². The van der Waals surface area contributed by atoms with Crippen molar-refractivity contribution in [2.45, 2.75) is 45.4 Å². The van der Waals surface area contributed by atoms with Gasteiger partial charge in [-0.15, -0.1) is 0 Å². The molecular formula is C18H27N3O3S. The van der Waals surface area contributed by atoms with Gasteiger partial charge in [-0.05, 0) is 31.9 Å². The number of carbonyl (C=O) groups excluding carboxylic acids is 1. The van der Waals surface area contributed by atoms with Crippen LogP contribution < -0.4 is 5.32 Å². The Hall–Kier alpha value is -1.60. The van der Waals surface area contributed by atoms with Gasteiger partial charge in [0.25, 0.3) is 0 Å². The van der Waals surface area contributed by atoms with Crippen molar-refractivity contribution in [2.75, 3.05) is 24.6 Å². The molecule has 2 saturated heterocycles. The van der Waals surface area contributed by atoms with Gasteiger partial charge in [0, 0.05) is 31.7 Å². The van der Waals surface area contributed by atoms with Gasteiger partial charge in [-0.25, -0.2) is 13.2 Å². The number of rotatable bonds is 3. The Kier molecular flexibility index (Phi) is 5.06. The Morgan fingerprint density at radius 2 is 1.88 bits per heavy atom. The molecule has 1 aromatic rings. The van der Waals surface area contributed by atoms with Crippen molar-refractivity contribution in [1.29, 1.82) is 0 Å². The summed E-state index contributed by atoms with van der Waals surface area (Å²) >= 11 is 0. The number of nitrogens with one attached hydrogen (secondary N) is 1. The molecule has 2 fully saturated rings. The summed E-state index contributed by atoms with van der Waals surface area (Å²) in [6, 6.07) is 7.67. The molecule has 2 atom stereocenters.